The molecule has 0 saturated carbocycles. The highest BCUT2D eigenvalue weighted by atomic mass is 16.4. The molecule has 17 heavy (non-hydrogen) atoms. The van der Waals surface area contributed by atoms with Crippen LogP contribution in [0.5, 0.6) is 0 Å². The SMILES string of the molecule is CC1(C)CCN(C(=O)c2nc[nH]c2C(=O)O)C1. The number of carbonyl (C=O) groups excluding carboxylic acids is 1. The maximum Gasteiger partial charge on any atom is 0.354 e. The van der Waals surface area contributed by atoms with Crippen LogP contribution in [0.25, 0.3) is 0 Å². The first-order chi connectivity index (χ1) is 7.91. The van der Waals surface area contributed by atoms with Gasteiger partial charge in [-0.3, -0.25) is 4.79 Å². The minimum absolute atomic E-state index is 0.00444. The van der Waals surface area contributed by atoms with E-state index in [4.69, 9.17) is 5.11 Å². The molecule has 2 heterocycles. The van der Waals surface area contributed by atoms with E-state index in [1.54, 1.807) is 4.90 Å². The van der Waals surface area contributed by atoms with Crippen LogP contribution in [0.4, 0.5) is 0 Å². The summed E-state index contributed by atoms with van der Waals surface area (Å²) in [5.41, 5.74) is -0.0510. The van der Waals surface area contributed by atoms with Gasteiger partial charge < -0.3 is 15.0 Å². The lowest BCUT2D eigenvalue weighted by Gasteiger charge is -2.19. The van der Waals surface area contributed by atoms with Gasteiger partial charge in [0, 0.05) is 13.1 Å². The smallest absolute Gasteiger partial charge is 0.354 e. The third-order valence-corrected chi connectivity index (χ3v) is 3.02. The maximum absolute atomic E-state index is 12.1. The number of carboxylic acid groups (broad SMARTS) is 1. The predicted octanol–water partition coefficient (Wildman–Crippen LogP) is 0.980. The molecule has 1 amide bonds. The standard InChI is InChI=1S/C11H15N3O3/c1-11(2)3-4-14(5-11)9(15)7-8(10(16)17)13-6-12-7/h6H,3-5H2,1-2H3,(H,12,13)(H,16,17). The van der Waals surface area contributed by atoms with E-state index in [-0.39, 0.29) is 22.7 Å². The molecule has 6 nitrogen and oxygen atoms in total. The normalized spacial score (nSPS) is 18.4. The van der Waals surface area contributed by atoms with Crippen molar-refractivity contribution in [2.45, 2.75) is 20.3 Å². The van der Waals surface area contributed by atoms with Gasteiger partial charge in [-0.1, -0.05) is 13.8 Å². The van der Waals surface area contributed by atoms with E-state index in [2.05, 4.69) is 23.8 Å². The zero-order valence-corrected chi connectivity index (χ0v) is 9.86. The fourth-order valence-corrected chi connectivity index (χ4v) is 2.05. The van der Waals surface area contributed by atoms with E-state index in [1.165, 1.54) is 6.33 Å². The topological polar surface area (TPSA) is 86.3 Å². The summed E-state index contributed by atoms with van der Waals surface area (Å²) >= 11 is 0. The summed E-state index contributed by atoms with van der Waals surface area (Å²) in [5, 5.41) is 8.91. The quantitative estimate of drug-likeness (QED) is 0.802. The lowest BCUT2D eigenvalue weighted by molar-refractivity contribution is 0.0673. The van der Waals surface area contributed by atoms with Crippen molar-refractivity contribution in [2.24, 2.45) is 5.41 Å². The van der Waals surface area contributed by atoms with Crippen molar-refractivity contribution in [3.8, 4) is 0 Å². The van der Waals surface area contributed by atoms with Crippen molar-refractivity contribution in [1.82, 2.24) is 14.9 Å². The molecule has 0 aliphatic carbocycles. The van der Waals surface area contributed by atoms with Gasteiger partial charge >= 0.3 is 5.97 Å². The van der Waals surface area contributed by atoms with Gasteiger partial charge in [0.2, 0.25) is 0 Å². The molecule has 0 spiro atoms. The summed E-state index contributed by atoms with van der Waals surface area (Å²) in [5.74, 6) is -1.47. The van der Waals surface area contributed by atoms with Gasteiger partial charge in [-0.15, -0.1) is 0 Å². The van der Waals surface area contributed by atoms with Crippen LogP contribution in [0.2, 0.25) is 0 Å². The van der Waals surface area contributed by atoms with Crippen LogP contribution in [-0.2, 0) is 0 Å². The highest BCUT2D eigenvalue weighted by Crippen LogP contribution is 2.29. The Bertz CT molecular complexity index is 464. The fourth-order valence-electron chi connectivity index (χ4n) is 2.05. The van der Waals surface area contributed by atoms with E-state index in [1.807, 2.05) is 0 Å². The van der Waals surface area contributed by atoms with Gasteiger partial charge in [0.15, 0.2) is 11.4 Å². The number of amides is 1. The molecule has 1 aliphatic rings. The number of aromatic nitrogens is 2. The van der Waals surface area contributed by atoms with E-state index in [9.17, 15) is 9.59 Å². The number of nitrogens with one attached hydrogen (secondary N) is 1. The number of carboxylic acids is 1. The number of aromatic amines is 1. The largest absolute Gasteiger partial charge is 0.477 e. The molecule has 1 aromatic heterocycles. The Balaban J connectivity index is 2.21. The Labute approximate surface area is 98.7 Å². The van der Waals surface area contributed by atoms with Crippen LogP contribution in [0.15, 0.2) is 6.33 Å². The van der Waals surface area contributed by atoms with Crippen molar-refractivity contribution in [2.75, 3.05) is 13.1 Å². The molecule has 1 saturated heterocycles. The molecule has 0 radical (unpaired) electrons. The first-order valence-corrected chi connectivity index (χ1v) is 5.47. The number of hydrogen-bond donors (Lipinski definition) is 2. The fraction of sp³-hybridized carbons (Fsp3) is 0.545. The van der Waals surface area contributed by atoms with Crippen LogP contribution < -0.4 is 0 Å². The number of hydrogen-bond acceptors (Lipinski definition) is 3. The van der Waals surface area contributed by atoms with Crippen LogP contribution in [0.1, 0.15) is 41.2 Å². The summed E-state index contributed by atoms with van der Waals surface area (Å²) < 4.78 is 0. The zero-order valence-electron chi connectivity index (χ0n) is 9.86. The molecule has 1 fully saturated rings. The number of aromatic carboxylic acids is 1. The van der Waals surface area contributed by atoms with E-state index in [0.29, 0.717) is 13.1 Å². The Morgan fingerprint density at radius 2 is 2.24 bits per heavy atom. The first kappa shape index (κ1) is 11.6. The van der Waals surface area contributed by atoms with Gasteiger partial charge in [0.25, 0.3) is 5.91 Å². The second kappa shape index (κ2) is 3.87. The van der Waals surface area contributed by atoms with Crippen LogP contribution >= 0.6 is 0 Å². The second-order valence-corrected chi connectivity index (χ2v) is 5.07. The van der Waals surface area contributed by atoms with Crippen molar-refractivity contribution in [1.29, 1.82) is 0 Å². The van der Waals surface area contributed by atoms with Gasteiger partial charge in [-0.2, -0.15) is 0 Å². The molecule has 1 aromatic rings. The highest BCUT2D eigenvalue weighted by molar-refractivity contribution is 6.02. The third kappa shape index (κ3) is 2.15. The lowest BCUT2D eigenvalue weighted by Crippen LogP contribution is -2.31. The predicted molar refractivity (Wildman–Crippen MR) is 59.8 cm³/mol. The van der Waals surface area contributed by atoms with Crippen molar-refractivity contribution in [3.63, 3.8) is 0 Å². The molecule has 0 aromatic carbocycles. The Kier molecular flexibility index (Phi) is 2.65. The number of imidazole rings is 1. The first-order valence-electron chi connectivity index (χ1n) is 5.47. The Morgan fingerprint density at radius 1 is 1.53 bits per heavy atom. The van der Waals surface area contributed by atoms with Crippen molar-refractivity contribution in [3.05, 3.63) is 17.7 Å². The molecule has 1 aliphatic heterocycles. The van der Waals surface area contributed by atoms with Crippen molar-refractivity contribution < 1.29 is 14.7 Å². The maximum atomic E-state index is 12.1. The minimum Gasteiger partial charge on any atom is -0.477 e. The van der Waals surface area contributed by atoms with Crippen LogP contribution in [0.3, 0.4) is 0 Å². The van der Waals surface area contributed by atoms with E-state index < -0.39 is 5.97 Å². The molecule has 6 heteroatoms. The van der Waals surface area contributed by atoms with Crippen LogP contribution in [0, 0.1) is 5.41 Å². The molecule has 0 unspecified atom stereocenters. The Hall–Kier alpha value is -1.85. The van der Waals surface area contributed by atoms with Crippen molar-refractivity contribution >= 4 is 11.9 Å². The summed E-state index contributed by atoms with van der Waals surface area (Å²) in [6, 6.07) is 0. The van der Waals surface area contributed by atoms with Gasteiger partial charge in [0.1, 0.15) is 0 Å². The number of carbonyl (C=O) groups is 2. The molecule has 2 rings (SSSR count). The van der Waals surface area contributed by atoms with Crippen LogP contribution in [-0.4, -0.2) is 44.9 Å². The molecule has 0 bridgehead atoms. The molecule has 92 valence electrons. The van der Waals surface area contributed by atoms with Gasteiger partial charge in [-0.05, 0) is 11.8 Å². The molecular weight excluding hydrogens is 222 g/mol. The zero-order chi connectivity index (χ0) is 12.6. The van der Waals surface area contributed by atoms with Gasteiger partial charge in [0.05, 0.1) is 6.33 Å². The molecule has 0 atom stereocenters. The third-order valence-electron chi connectivity index (χ3n) is 3.02. The molecular formula is C11H15N3O3. The summed E-state index contributed by atoms with van der Waals surface area (Å²) in [6.45, 7) is 5.46. The lowest BCUT2D eigenvalue weighted by atomic mass is 9.93. The molecule has 2 N–H and O–H groups in total. The van der Waals surface area contributed by atoms with Gasteiger partial charge in [-0.25, -0.2) is 9.78 Å². The number of nitrogens with zero attached hydrogens (tertiary/aromatic N) is 2. The monoisotopic (exact) mass is 237 g/mol. The van der Waals surface area contributed by atoms with E-state index in [0.717, 1.165) is 6.42 Å². The number of rotatable bonds is 2. The summed E-state index contributed by atoms with van der Waals surface area (Å²) in [4.78, 5) is 30.9. The summed E-state index contributed by atoms with van der Waals surface area (Å²) in [6.07, 6.45) is 2.16. The highest BCUT2D eigenvalue weighted by Gasteiger charge is 2.34. The average molecular weight is 237 g/mol. The summed E-state index contributed by atoms with van der Waals surface area (Å²) in [7, 11) is 0. The second-order valence-electron chi connectivity index (χ2n) is 5.07. The number of likely N-dealkylation sites (tertiary alicyclic amines) is 1. The minimum atomic E-state index is -1.16. The van der Waals surface area contributed by atoms with E-state index >= 15 is 0 Å². The average Bonchev–Trinajstić information content (AvgIpc) is 2.82. The Morgan fingerprint density at radius 3 is 2.76 bits per heavy atom. The number of H-pyrrole nitrogens is 1.